The summed E-state index contributed by atoms with van der Waals surface area (Å²) in [6.07, 6.45) is 1.63. The molecule has 1 aliphatic rings. The highest BCUT2D eigenvalue weighted by atomic mass is 32.2. The summed E-state index contributed by atoms with van der Waals surface area (Å²) in [4.78, 5) is 14.5. The van der Waals surface area contributed by atoms with E-state index >= 15 is 0 Å². The number of hydrogen-bond acceptors (Lipinski definition) is 6. The fourth-order valence-electron chi connectivity index (χ4n) is 3.22. The van der Waals surface area contributed by atoms with Gasteiger partial charge >= 0.3 is 5.97 Å². The van der Waals surface area contributed by atoms with Gasteiger partial charge in [-0.15, -0.1) is 11.3 Å². The molecule has 1 fully saturated rings. The molecular formula is C18H22N2O5S2. The van der Waals surface area contributed by atoms with Crippen LogP contribution >= 0.6 is 11.3 Å². The highest BCUT2D eigenvalue weighted by molar-refractivity contribution is 7.89. The molecule has 2 N–H and O–H groups in total. The molecule has 27 heavy (non-hydrogen) atoms. The van der Waals surface area contributed by atoms with Crippen molar-refractivity contribution in [2.75, 3.05) is 20.2 Å². The topological polar surface area (TPSA) is 95.9 Å². The number of benzene rings is 1. The summed E-state index contributed by atoms with van der Waals surface area (Å²) >= 11 is 1.68. The summed E-state index contributed by atoms with van der Waals surface area (Å²) in [6.45, 7) is 2.33. The number of aromatic carboxylic acids is 1. The Balaban J connectivity index is 1.75. The van der Waals surface area contributed by atoms with Crippen molar-refractivity contribution in [3.63, 3.8) is 0 Å². The Morgan fingerprint density at radius 3 is 2.89 bits per heavy atom. The van der Waals surface area contributed by atoms with Crippen molar-refractivity contribution in [1.82, 2.24) is 9.62 Å². The molecule has 0 radical (unpaired) electrons. The second kappa shape index (κ2) is 8.39. The maximum absolute atomic E-state index is 12.9. The van der Waals surface area contributed by atoms with E-state index in [1.807, 2.05) is 11.4 Å². The van der Waals surface area contributed by atoms with Gasteiger partial charge < -0.3 is 9.84 Å². The fourth-order valence-corrected chi connectivity index (χ4v) is 5.42. The summed E-state index contributed by atoms with van der Waals surface area (Å²) in [7, 11) is -2.55. The van der Waals surface area contributed by atoms with Crippen LogP contribution in [0.25, 0.3) is 0 Å². The predicted octanol–water partition coefficient (Wildman–Crippen LogP) is 2.40. The number of hydrogen-bond donors (Lipinski definition) is 2. The largest absolute Gasteiger partial charge is 0.495 e. The number of methoxy groups -OCH3 is 1. The zero-order valence-corrected chi connectivity index (χ0v) is 16.6. The van der Waals surface area contributed by atoms with Crippen LogP contribution in [0.1, 0.15) is 28.1 Å². The second-order valence-electron chi connectivity index (χ2n) is 6.45. The van der Waals surface area contributed by atoms with Gasteiger partial charge in [-0.25, -0.2) is 17.9 Å². The molecule has 1 atom stereocenters. The van der Waals surface area contributed by atoms with Crippen molar-refractivity contribution in [3.8, 4) is 5.75 Å². The highest BCUT2D eigenvalue weighted by Crippen LogP contribution is 2.26. The van der Waals surface area contributed by atoms with Gasteiger partial charge in [-0.1, -0.05) is 6.07 Å². The Morgan fingerprint density at radius 1 is 1.41 bits per heavy atom. The average Bonchev–Trinajstić information content (AvgIpc) is 3.14. The Morgan fingerprint density at radius 2 is 2.22 bits per heavy atom. The molecule has 0 amide bonds. The minimum atomic E-state index is -3.91. The number of likely N-dealkylation sites (tertiary alicyclic amines) is 1. The van der Waals surface area contributed by atoms with Gasteiger partial charge in [0, 0.05) is 24.0 Å². The van der Waals surface area contributed by atoms with Crippen LogP contribution in [-0.4, -0.2) is 50.6 Å². The van der Waals surface area contributed by atoms with E-state index in [0.717, 1.165) is 32.0 Å². The summed E-state index contributed by atoms with van der Waals surface area (Å²) in [5.74, 6) is -1.06. The van der Waals surface area contributed by atoms with E-state index in [9.17, 15) is 13.2 Å². The number of nitrogens with zero attached hydrogens (tertiary/aromatic N) is 1. The Bertz CT molecular complexity index is 896. The number of piperidine rings is 1. The lowest BCUT2D eigenvalue weighted by Crippen LogP contribution is -2.47. The van der Waals surface area contributed by atoms with Gasteiger partial charge in [-0.3, -0.25) is 4.90 Å². The van der Waals surface area contributed by atoms with Crippen LogP contribution in [-0.2, 0) is 16.6 Å². The van der Waals surface area contributed by atoms with Crippen LogP contribution in [0.2, 0.25) is 0 Å². The molecule has 0 saturated carbocycles. The molecule has 0 bridgehead atoms. The lowest BCUT2D eigenvalue weighted by molar-refractivity contribution is 0.0696. The molecule has 1 aliphatic heterocycles. The first-order valence-corrected chi connectivity index (χ1v) is 10.9. The Kier molecular flexibility index (Phi) is 6.15. The molecule has 1 aromatic carbocycles. The Labute approximate surface area is 162 Å². The number of sulfonamides is 1. The number of carboxylic acids is 1. The first-order chi connectivity index (χ1) is 12.9. The first-order valence-electron chi connectivity index (χ1n) is 8.57. The van der Waals surface area contributed by atoms with Gasteiger partial charge in [-0.05, 0) is 49.0 Å². The molecule has 3 rings (SSSR count). The number of carboxylic acid groups (broad SMARTS) is 1. The van der Waals surface area contributed by atoms with Gasteiger partial charge in [0.15, 0.2) is 0 Å². The molecule has 2 heterocycles. The third-order valence-corrected chi connectivity index (χ3v) is 6.89. The van der Waals surface area contributed by atoms with Crippen molar-refractivity contribution in [2.24, 2.45) is 0 Å². The van der Waals surface area contributed by atoms with E-state index < -0.39 is 16.0 Å². The third kappa shape index (κ3) is 4.86. The van der Waals surface area contributed by atoms with Gasteiger partial charge in [-0.2, -0.15) is 0 Å². The average molecular weight is 411 g/mol. The summed E-state index contributed by atoms with van der Waals surface area (Å²) < 4.78 is 33.6. The van der Waals surface area contributed by atoms with Crippen LogP contribution in [0.15, 0.2) is 40.6 Å². The lowest BCUT2D eigenvalue weighted by Gasteiger charge is -2.32. The van der Waals surface area contributed by atoms with Crippen molar-refractivity contribution >= 4 is 27.3 Å². The van der Waals surface area contributed by atoms with Crippen LogP contribution in [0.3, 0.4) is 0 Å². The van der Waals surface area contributed by atoms with Crippen molar-refractivity contribution in [1.29, 1.82) is 0 Å². The van der Waals surface area contributed by atoms with Gasteiger partial charge in [0.1, 0.15) is 10.6 Å². The molecule has 146 valence electrons. The van der Waals surface area contributed by atoms with E-state index in [1.54, 1.807) is 11.3 Å². The van der Waals surface area contributed by atoms with Gasteiger partial charge in [0.25, 0.3) is 0 Å². The number of thiophene rings is 1. The standard InChI is InChI=1S/C18H22N2O5S2/c1-25-16-7-6-13(18(21)22)10-17(16)27(23,24)19-14-4-2-8-20(11-14)12-15-5-3-9-26-15/h3,5-7,9-10,14,19H,2,4,8,11-12H2,1H3,(H,21,22). The van der Waals surface area contributed by atoms with Crippen LogP contribution in [0.4, 0.5) is 0 Å². The summed E-state index contributed by atoms with van der Waals surface area (Å²) in [6, 6.07) is 7.66. The summed E-state index contributed by atoms with van der Waals surface area (Å²) in [5.41, 5.74) is -0.0980. The van der Waals surface area contributed by atoms with E-state index in [2.05, 4.69) is 15.7 Å². The third-order valence-electron chi connectivity index (χ3n) is 4.49. The maximum Gasteiger partial charge on any atom is 0.335 e. The molecule has 0 aliphatic carbocycles. The monoisotopic (exact) mass is 410 g/mol. The van der Waals surface area contributed by atoms with Crippen LogP contribution in [0.5, 0.6) is 5.75 Å². The van der Waals surface area contributed by atoms with Gasteiger partial charge in [0.2, 0.25) is 10.0 Å². The van der Waals surface area contributed by atoms with E-state index in [4.69, 9.17) is 9.84 Å². The molecule has 9 heteroatoms. The normalized spacial score (nSPS) is 18.3. The predicted molar refractivity (Wildman–Crippen MR) is 103 cm³/mol. The zero-order valence-electron chi connectivity index (χ0n) is 14.9. The van der Waals surface area contributed by atoms with Crippen molar-refractivity contribution in [2.45, 2.75) is 30.3 Å². The van der Waals surface area contributed by atoms with E-state index in [-0.39, 0.29) is 22.3 Å². The molecule has 1 unspecified atom stereocenters. The fraction of sp³-hybridized carbons (Fsp3) is 0.389. The second-order valence-corrected chi connectivity index (χ2v) is 9.16. The molecule has 7 nitrogen and oxygen atoms in total. The first kappa shape index (κ1) is 19.8. The number of ether oxygens (including phenoxy) is 1. The van der Waals surface area contributed by atoms with Crippen LogP contribution < -0.4 is 9.46 Å². The lowest BCUT2D eigenvalue weighted by atomic mass is 10.1. The zero-order chi connectivity index (χ0) is 19.4. The number of nitrogens with one attached hydrogen (secondary N) is 1. The minimum Gasteiger partial charge on any atom is -0.495 e. The summed E-state index contributed by atoms with van der Waals surface area (Å²) in [5, 5.41) is 11.2. The molecule has 0 spiro atoms. The van der Waals surface area contributed by atoms with Gasteiger partial charge in [0.05, 0.1) is 12.7 Å². The number of rotatable bonds is 7. The minimum absolute atomic E-state index is 0.0980. The quantitative estimate of drug-likeness (QED) is 0.728. The van der Waals surface area contributed by atoms with E-state index in [1.165, 1.54) is 24.1 Å². The molecule has 1 aromatic heterocycles. The van der Waals surface area contributed by atoms with Crippen molar-refractivity contribution in [3.05, 3.63) is 46.2 Å². The maximum atomic E-state index is 12.9. The molecular weight excluding hydrogens is 388 g/mol. The highest BCUT2D eigenvalue weighted by Gasteiger charge is 2.28. The molecule has 2 aromatic rings. The smallest absolute Gasteiger partial charge is 0.335 e. The van der Waals surface area contributed by atoms with Crippen molar-refractivity contribution < 1.29 is 23.1 Å². The van der Waals surface area contributed by atoms with E-state index in [0.29, 0.717) is 6.54 Å². The van der Waals surface area contributed by atoms with Crippen LogP contribution in [0, 0.1) is 0 Å². The molecule has 1 saturated heterocycles. The number of carbonyl (C=O) groups is 1. The Hall–Kier alpha value is -1.94. The SMILES string of the molecule is COc1ccc(C(=O)O)cc1S(=O)(=O)NC1CCCN(Cc2cccs2)C1.